The first kappa shape index (κ1) is 26.8. The summed E-state index contributed by atoms with van der Waals surface area (Å²) in [6.45, 7) is 0.401. The quantitative estimate of drug-likeness (QED) is 0.241. The number of hydrogen-bond acceptors (Lipinski definition) is 3. The summed E-state index contributed by atoms with van der Waals surface area (Å²) in [7, 11) is -3.90. The third-order valence-electron chi connectivity index (χ3n) is 6.16. The topological polar surface area (TPSA) is 75.3 Å². The summed E-state index contributed by atoms with van der Waals surface area (Å²) >= 11 is 3.32. The summed E-state index contributed by atoms with van der Waals surface area (Å²) < 4.78 is 29.6. The summed E-state index contributed by atoms with van der Waals surface area (Å²) in [5.74, 6) is -0.251. The molecule has 0 saturated heterocycles. The zero-order valence-corrected chi connectivity index (χ0v) is 22.7. The fourth-order valence-electron chi connectivity index (χ4n) is 4.27. The molecule has 0 aliphatic rings. The van der Waals surface area contributed by atoms with Crippen LogP contribution in [0, 0.1) is 0 Å². The van der Waals surface area contributed by atoms with E-state index in [1.54, 1.807) is 12.1 Å². The lowest BCUT2D eigenvalue weighted by Crippen LogP contribution is -2.48. The Balaban J connectivity index is 1.49. The van der Waals surface area contributed by atoms with Crippen LogP contribution < -0.4 is 10.0 Å². The molecule has 5 nitrogen and oxygen atoms in total. The van der Waals surface area contributed by atoms with Gasteiger partial charge >= 0.3 is 0 Å². The number of halogens is 1. The van der Waals surface area contributed by atoms with Crippen molar-refractivity contribution in [2.75, 3.05) is 6.54 Å². The van der Waals surface area contributed by atoms with E-state index in [1.807, 2.05) is 66.7 Å². The maximum absolute atomic E-state index is 13.3. The highest BCUT2D eigenvalue weighted by Gasteiger charge is 2.26. The Hall–Kier alpha value is -3.26. The molecule has 0 radical (unpaired) electrons. The van der Waals surface area contributed by atoms with E-state index in [1.165, 1.54) is 23.3 Å². The molecular formula is C30H29BrN2O3S. The van der Waals surface area contributed by atoms with Gasteiger partial charge in [-0.3, -0.25) is 4.79 Å². The van der Waals surface area contributed by atoms with Crippen molar-refractivity contribution in [1.29, 1.82) is 0 Å². The predicted molar refractivity (Wildman–Crippen MR) is 151 cm³/mol. The number of carbonyl (C=O) groups is 1. The fraction of sp³-hybridized carbons (Fsp3) is 0.167. The number of sulfonamides is 1. The van der Waals surface area contributed by atoms with Gasteiger partial charge in [0, 0.05) is 16.9 Å². The van der Waals surface area contributed by atoms with E-state index in [-0.39, 0.29) is 23.1 Å². The molecule has 1 unspecified atom stereocenters. The van der Waals surface area contributed by atoms with Crippen molar-refractivity contribution in [2.24, 2.45) is 0 Å². The first-order valence-electron chi connectivity index (χ1n) is 12.1. The van der Waals surface area contributed by atoms with E-state index in [0.29, 0.717) is 13.0 Å². The van der Waals surface area contributed by atoms with Gasteiger partial charge in [0.1, 0.15) is 6.04 Å². The van der Waals surface area contributed by atoms with Crippen LogP contribution in [-0.2, 0) is 21.2 Å². The van der Waals surface area contributed by atoms with Crippen LogP contribution >= 0.6 is 15.9 Å². The molecule has 4 aromatic carbocycles. The normalized spacial score (nSPS) is 12.3. The number of benzene rings is 4. The Bertz CT molecular complexity index is 1340. The Labute approximate surface area is 227 Å². The minimum atomic E-state index is -3.90. The molecular weight excluding hydrogens is 548 g/mol. The molecule has 4 rings (SSSR count). The molecule has 0 aromatic heterocycles. The van der Waals surface area contributed by atoms with Crippen molar-refractivity contribution in [1.82, 2.24) is 10.0 Å². The number of rotatable bonds is 11. The molecule has 1 atom stereocenters. The van der Waals surface area contributed by atoms with Crippen LogP contribution in [-0.4, -0.2) is 26.9 Å². The van der Waals surface area contributed by atoms with Crippen LogP contribution in [0.1, 0.15) is 29.0 Å². The second-order valence-electron chi connectivity index (χ2n) is 8.77. The molecule has 2 N–H and O–H groups in total. The smallest absolute Gasteiger partial charge is 0.241 e. The van der Waals surface area contributed by atoms with Crippen LogP contribution in [0.4, 0.5) is 0 Å². The second-order valence-corrected chi connectivity index (χ2v) is 11.4. The maximum Gasteiger partial charge on any atom is 0.241 e. The van der Waals surface area contributed by atoms with Crippen LogP contribution in [0.3, 0.4) is 0 Å². The lowest BCUT2D eigenvalue weighted by atomic mass is 9.88. The third-order valence-corrected chi connectivity index (χ3v) is 8.17. The van der Waals surface area contributed by atoms with Crippen molar-refractivity contribution < 1.29 is 13.2 Å². The van der Waals surface area contributed by atoms with Gasteiger partial charge in [-0.05, 0) is 53.8 Å². The van der Waals surface area contributed by atoms with Crippen LogP contribution in [0.15, 0.2) is 125 Å². The lowest BCUT2D eigenvalue weighted by Gasteiger charge is -2.21. The van der Waals surface area contributed by atoms with E-state index in [2.05, 4.69) is 50.2 Å². The van der Waals surface area contributed by atoms with E-state index in [9.17, 15) is 13.2 Å². The van der Waals surface area contributed by atoms with Crippen molar-refractivity contribution in [2.45, 2.75) is 29.7 Å². The van der Waals surface area contributed by atoms with Gasteiger partial charge in [-0.15, -0.1) is 0 Å². The third kappa shape index (κ3) is 7.61. The highest BCUT2D eigenvalue weighted by atomic mass is 79.9. The van der Waals surface area contributed by atoms with Gasteiger partial charge in [0.2, 0.25) is 15.9 Å². The number of hydrogen-bond donors (Lipinski definition) is 2. The Morgan fingerprint density at radius 1 is 0.730 bits per heavy atom. The zero-order chi connectivity index (χ0) is 26.1. The molecule has 0 heterocycles. The summed E-state index contributed by atoms with van der Waals surface area (Å²) in [6.07, 6.45) is 0.917. The minimum Gasteiger partial charge on any atom is -0.355 e. The van der Waals surface area contributed by atoms with Gasteiger partial charge in [0.15, 0.2) is 0 Å². The summed E-state index contributed by atoms with van der Waals surface area (Å²) in [5, 5.41) is 2.98. The molecule has 37 heavy (non-hydrogen) atoms. The van der Waals surface area contributed by atoms with E-state index in [0.717, 1.165) is 10.0 Å². The van der Waals surface area contributed by atoms with Gasteiger partial charge in [0.25, 0.3) is 0 Å². The average Bonchev–Trinajstić information content (AvgIpc) is 2.92. The van der Waals surface area contributed by atoms with Crippen LogP contribution in [0.5, 0.6) is 0 Å². The SMILES string of the molecule is O=C(NCCC(c1ccccc1)c1ccccc1)C(Cc1ccccc1)NS(=O)(=O)c1ccc(Br)cc1. The first-order valence-corrected chi connectivity index (χ1v) is 14.4. The van der Waals surface area contributed by atoms with E-state index < -0.39 is 16.1 Å². The molecule has 0 spiro atoms. The Morgan fingerprint density at radius 3 is 1.78 bits per heavy atom. The molecule has 0 aliphatic carbocycles. The summed E-state index contributed by atoms with van der Waals surface area (Å²) in [6, 6.07) is 35.1. The van der Waals surface area contributed by atoms with Crippen molar-refractivity contribution >= 4 is 31.9 Å². The zero-order valence-electron chi connectivity index (χ0n) is 20.3. The minimum absolute atomic E-state index is 0.106. The van der Waals surface area contributed by atoms with E-state index >= 15 is 0 Å². The highest BCUT2D eigenvalue weighted by Crippen LogP contribution is 2.27. The number of amides is 1. The largest absolute Gasteiger partial charge is 0.355 e. The molecule has 4 aromatic rings. The van der Waals surface area contributed by atoms with Crippen molar-refractivity contribution in [3.8, 4) is 0 Å². The fourth-order valence-corrected chi connectivity index (χ4v) is 5.73. The summed E-state index contributed by atoms with van der Waals surface area (Å²) in [5.41, 5.74) is 3.20. The van der Waals surface area contributed by atoms with Crippen molar-refractivity contribution in [3.63, 3.8) is 0 Å². The lowest BCUT2D eigenvalue weighted by molar-refractivity contribution is -0.122. The van der Waals surface area contributed by atoms with Gasteiger partial charge in [-0.2, -0.15) is 4.72 Å². The van der Waals surface area contributed by atoms with Crippen LogP contribution in [0.2, 0.25) is 0 Å². The summed E-state index contributed by atoms with van der Waals surface area (Å²) in [4.78, 5) is 13.4. The number of nitrogens with one attached hydrogen (secondary N) is 2. The predicted octanol–water partition coefficient (Wildman–Crippen LogP) is 5.68. The molecule has 7 heteroatoms. The van der Waals surface area contributed by atoms with Crippen molar-refractivity contribution in [3.05, 3.63) is 136 Å². The monoisotopic (exact) mass is 576 g/mol. The average molecular weight is 578 g/mol. The first-order chi connectivity index (χ1) is 17.9. The molecule has 0 saturated carbocycles. The van der Waals surface area contributed by atoms with E-state index in [4.69, 9.17) is 0 Å². The number of carbonyl (C=O) groups excluding carboxylic acids is 1. The van der Waals surface area contributed by atoms with Crippen LogP contribution in [0.25, 0.3) is 0 Å². The molecule has 190 valence electrons. The van der Waals surface area contributed by atoms with Gasteiger partial charge in [0.05, 0.1) is 4.90 Å². The highest BCUT2D eigenvalue weighted by molar-refractivity contribution is 9.10. The van der Waals surface area contributed by atoms with Gasteiger partial charge < -0.3 is 5.32 Å². The molecule has 0 fully saturated rings. The Morgan fingerprint density at radius 2 is 1.24 bits per heavy atom. The standard InChI is InChI=1S/C30H29BrN2O3S/c31-26-16-18-27(19-17-26)37(35,36)33-29(22-23-10-4-1-5-11-23)30(34)32-21-20-28(24-12-6-2-7-13-24)25-14-8-3-9-15-25/h1-19,28-29,33H,20-22H2,(H,32,34). The molecule has 1 amide bonds. The van der Waals surface area contributed by atoms with Gasteiger partial charge in [-0.25, -0.2) is 8.42 Å². The van der Waals surface area contributed by atoms with Gasteiger partial charge in [-0.1, -0.05) is 107 Å². The molecule has 0 bridgehead atoms. The Kier molecular flexibility index (Phi) is 9.28. The molecule has 0 aliphatic heterocycles. The maximum atomic E-state index is 13.3. The second kappa shape index (κ2) is 12.8.